The smallest absolute Gasteiger partial charge is 0.348 e. The van der Waals surface area contributed by atoms with E-state index in [1.807, 2.05) is 36.6 Å². The maximum atomic E-state index is 12.2. The standard InChI is InChI=1S/C20H17NO4S2/c1-3-25-20(22)18-12-17(13-6-10-16(26-2)11-7-13)19(27-18)14-4-8-15(9-5-14)21(23)24/h4-12H,3H2,1-2H3. The van der Waals surface area contributed by atoms with E-state index in [9.17, 15) is 14.9 Å². The van der Waals surface area contributed by atoms with Crippen LogP contribution in [-0.2, 0) is 4.74 Å². The lowest BCUT2D eigenvalue weighted by molar-refractivity contribution is -0.384. The number of rotatable bonds is 6. The van der Waals surface area contributed by atoms with Gasteiger partial charge in [0.15, 0.2) is 0 Å². The predicted molar refractivity (Wildman–Crippen MR) is 110 cm³/mol. The Morgan fingerprint density at radius 3 is 2.30 bits per heavy atom. The van der Waals surface area contributed by atoms with Crippen LogP contribution in [0.1, 0.15) is 16.6 Å². The van der Waals surface area contributed by atoms with Gasteiger partial charge < -0.3 is 4.74 Å². The van der Waals surface area contributed by atoms with Gasteiger partial charge in [0.05, 0.1) is 11.5 Å². The van der Waals surface area contributed by atoms with Gasteiger partial charge in [-0.1, -0.05) is 12.1 Å². The molecule has 3 aromatic rings. The first-order valence-electron chi connectivity index (χ1n) is 8.23. The van der Waals surface area contributed by atoms with Crippen molar-refractivity contribution in [2.24, 2.45) is 0 Å². The van der Waals surface area contributed by atoms with Crippen molar-refractivity contribution in [1.82, 2.24) is 0 Å². The molecule has 0 saturated heterocycles. The fraction of sp³-hybridized carbons (Fsp3) is 0.150. The number of esters is 1. The number of nitrogens with zero attached hydrogens (tertiary/aromatic N) is 1. The van der Waals surface area contributed by atoms with Crippen LogP contribution in [0.5, 0.6) is 0 Å². The molecule has 138 valence electrons. The number of carbonyl (C=O) groups is 1. The molecule has 0 bridgehead atoms. The Balaban J connectivity index is 2.09. The monoisotopic (exact) mass is 399 g/mol. The molecule has 0 aliphatic heterocycles. The Kier molecular flexibility index (Phi) is 5.93. The van der Waals surface area contributed by atoms with Crippen LogP contribution in [0.4, 0.5) is 5.69 Å². The van der Waals surface area contributed by atoms with Crippen molar-refractivity contribution in [2.45, 2.75) is 11.8 Å². The lowest BCUT2D eigenvalue weighted by Crippen LogP contribution is -2.01. The van der Waals surface area contributed by atoms with E-state index in [-0.39, 0.29) is 11.7 Å². The third-order valence-corrected chi connectivity index (χ3v) is 5.86. The first-order valence-corrected chi connectivity index (χ1v) is 10.3. The lowest BCUT2D eigenvalue weighted by atomic mass is 10.0. The van der Waals surface area contributed by atoms with E-state index in [4.69, 9.17) is 4.74 Å². The van der Waals surface area contributed by atoms with E-state index in [2.05, 4.69) is 0 Å². The van der Waals surface area contributed by atoms with E-state index in [1.165, 1.54) is 23.5 Å². The van der Waals surface area contributed by atoms with Crippen molar-refractivity contribution in [3.8, 4) is 21.6 Å². The highest BCUT2D eigenvalue weighted by Crippen LogP contribution is 2.40. The molecule has 0 spiro atoms. The summed E-state index contributed by atoms with van der Waals surface area (Å²) in [7, 11) is 0. The zero-order chi connectivity index (χ0) is 19.4. The minimum absolute atomic E-state index is 0.0341. The molecule has 0 amide bonds. The van der Waals surface area contributed by atoms with Crippen molar-refractivity contribution < 1.29 is 14.5 Å². The number of carbonyl (C=O) groups excluding carboxylic acids is 1. The number of thioether (sulfide) groups is 1. The van der Waals surface area contributed by atoms with Crippen LogP contribution in [-0.4, -0.2) is 23.8 Å². The maximum Gasteiger partial charge on any atom is 0.348 e. The first kappa shape index (κ1) is 19.1. The normalized spacial score (nSPS) is 10.6. The summed E-state index contributed by atoms with van der Waals surface area (Å²) in [5.41, 5.74) is 2.74. The Morgan fingerprint density at radius 2 is 1.74 bits per heavy atom. The van der Waals surface area contributed by atoms with Crippen LogP contribution in [0.15, 0.2) is 59.5 Å². The molecule has 5 nitrogen and oxygen atoms in total. The molecule has 27 heavy (non-hydrogen) atoms. The molecular formula is C20H17NO4S2. The van der Waals surface area contributed by atoms with Crippen molar-refractivity contribution in [2.75, 3.05) is 12.9 Å². The molecule has 3 rings (SSSR count). The summed E-state index contributed by atoms with van der Waals surface area (Å²) in [5.74, 6) is -0.363. The summed E-state index contributed by atoms with van der Waals surface area (Å²) < 4.78 is 5.13. The van der Waals surface area contributed by atoms with Gasteiger partial charge in [-0.3, -0.25) is 10.1 Å². The second-order valence-electron chi connectivity index (χ2n) is 5.61. The van der Waals surface area contributed by atoms with Crippen LogP contribution in [0, 0.1) is 10.1 Å². The molecule has 0 unspecified atom stereocenters. The number of hydrogen-bond acceptors (Lipinski definition) is 6. The van der Waals surface area contributed by atoms with Gasteiger partial charge in [0.25, 0.3) is 5.69 Å². The third kappa shape index (κ3) is 4.20. The van der Waals surface area contributed by atoms with Crippen LogP contribution in [0.3, 0.4) is 0 Å². The van der Waals surface area contributed by atoms with Crippen molar-refractivity contribution >= 4 is 34.8 Å². The van der Waals surface area contributed by atoms with Gasteiger partial charge in [0.2, 0.25) is 0 Å². The van der Waals surface area contributed by atoms with Gasteiger partial charge in [-0.15, -0.1) is 23.1 Å². The van der Waals surface area contributed by atoms with Crippen molar-refractivity contribution in [3.05, 3.63) is 69.6 Å². The summed E-state index contributed by atoms with van der Waals surface area (Å²) >= 11 is 2.99. The summed E-state index contributed by atoms with van der Waals surface area (Å²) in [6, 6.07) is 16.3. The molecular weight excluding hydrogens is 382 g/mol. The number of ether oxygens (including phenoxy) is 1. The topological polar surface area (TPSA) is 69.4 Å². The highest BCUT2D eigenvalue weighted by Gasteiger charge is 2.18. The number of non-ortho nitro benzene ring substituents is 1. The molecule has 0 saturated carbocycles. The number of hydrogen-bond donors (Lipinski definition) is 0. The second kappa shape index (κ2) is 8.37. The first-order chi connectivity index (χ1) is 13.0. The Bertz CT molecular complexity index is 963. The van der Waals surface area contributed by atoms with Gasteiger partial charge in [0.1, 0.15) is 4.88 Å². The Morgan fingerprint density at radius 1 is 1.11 bits per heavy atom. The van der Waals surface area contributed by atoms with Crippen LogP contribution < -0.4 is 0 Å². The van der Waals surface area contributed by atoms with E-state index in [1.54, 1.807) is 30.8 Å². The quantitative estimate of drug-likeness (QED) is 0.224. The molecule has 0 fully saturated rings. The van der Waals surface area contributed by atoms with E-state index in [0.29, 0.717) is 11.5 Å². The minimum atomic E-state index is -0.426. The van der Waals surface area contributed by atoms with Gasteiger partial charge in [-0.2, -0.15) is 0 Å². The van der Waals surface area contributed by atoms with Crippen molar-refractivity contribution in [3.63, 3.8) is 0 Å². The molecule has 0 atom stereocenters. The number of nitro benzene ring substituents is 1. The van der Waals surface area contributed by atoms with Crippen LogP contribution >= 0.6 is 23.1 Å². The third-order valence-electron chi connectivity index (χ3n) is 3.95. The van der Waals surface area contributed by atoms with Crippen LogP contribution in [0.25, 0.3) is 21.6 Å². The highest BCUT2D eigenvalue weighted by molar-refractivity contribution is 7.98. The summed E-state index contributed by atoms with van der Waals surface area (Å²) in [6.45, 7) is 2.08. The fourth-order valence-corrected chi connectivity index (χ4v) is 4.12. The minimum Gasteiger partial charge on any atom is -0.462 e. The van der Waals surface area contributed by atoms with Crippen LogP contribution in [0.2, 0.25) is 0 Å². The summed E-state index contributed by atoms with van der Waals surface area (Å²) in [6.07, 6.45) is 2.01. The van der Waals surface area contributed by atoms with Crippen molar-refractivity contribution in [1.29, 1.82) is 0 Å². The molecule has 2 aromatic carbocycles. The summed E-state index contributed by atoms with van der Waals surface area (Å²) in [5, 5.41) is 10.9. The molecule has 0 radical (unpaired) electrons. The van der Waals surface area contributed by atoms with Gasteiger partial charge in [-0.25, -0.2) is 4.79 Å². The largest absolute Gasteiger partial charge is 0.462 e. The highest BCUT2D eigenvalue weighted by atomic mass is 32.2. The Labute approximate surface area is 165 Å². The number of thiophene rings is 1. The summed E-state index contributed by atoms with van der Waals surface area (Å²) in [4.78, 5) is 25.2. The molecule has 7 heteroatoms. The Hall–Kier alpha value is -2.64. The molecule has 0 aliphatic carbocycles. The van der Waals surface area contributed by atoms with Gasteiger partial charge >= 0.3 is 5.97 Å². The predicted octanol–water partition coefficient (Wildman–Crippen LogP) is 5.89. The zero-order valence-corrected chi connectivity index (χ0v) is 16.4. The average molecular weight is 399 g/mol. The molecule has 1 aromatic heterocycles. The zero-order valence-electron chi connectivity index (χ0n) is 14.8. The van der Waals surface area contributed by atoms with E-state index >= 15 is 0 Å². The molecule has 0 N–H and O–H groups in total. The molecule has 1 heterocycles. The number of nitro groups is 1. The maximum absolute atomic E-state index is 12.2. The van der Waals surface area contributed by atoms with E-state index in [0.717, 1.165) is 26.5 Å². The lowest BCUT2D eigenvalue weighted by Gasteiger charge is -2.05. The van der Waals surface area contributed by atoms with E-state index < -0.39 is 4.92 Å². The van der Waals surface area contributed by atoms with Gasteiger partial charge in [0, 0.05) is 27.5 Å². The second-order valence-corrected chi connectivity index (χ2v) is 7.54. The fourth-order valence-electron chi connectivity index (χ4n) is 2.63. The molecule has 0 aliphatic rings. The van der Waals surface area contributed by atoms with Gasteiger partial charge in [-0.05, 0) is 54.6 Å². The SMILES string of the molecule is CCOC(=O)c1cc(-c2ccc(SC)cc2)c(-c2ccc([N+](=O)[O-])cc2)s1. The average Bonchev–Trinajstić information content (AvgIpc) is 3.14. The number of benzene rings is 2.